The van der Waals surface area contributed by atoms with E-state index in [9.17, 15) is 13.2 Å². The molecule has 1 aliphatic heterocycles. The second-order valence-electron chi connectivity index (χ2n) is 7.90. The lowest BCUT2D eigenvalue weighted by Gasteiger charge is -2.24. The quantitative estimate of drug-likeness (QED) is 0.384. The van der Waals surface area contributed by atoms with Crippen molar-refractivity contribution in [2.75, 3.05) is 13.1 Å². The largest absolute Gasteiger partial charge is 0.317 e. The number of pyridine rings is 2. The van der Waals surface area contributed by atoms with Crippen LogP contribution in [-0.4, -0.2) is 23.1 Å². The molecule has 0 amide bonds. The van der Waals surface area contributed by atoms with Crippen LogP contribution in [0, 0.1) is 17.5 Å². The van der Waals surface area contributed by atoms with Gasteiger partial charge in [-0.2, -0.15) is 0 Å². The smallest absolute Gasteiger partial charge is 0.135 e. The summed E-state index contributed by atoms with van der Waals surface area (Å²) >= 11 is 6.40. The van der Waals surface area contributed by atoms with Crippen LogP contribution in [0.3, 0.4) is 0 Å². The third-order valence-electron chi connectivity index (χ3n) is 5.93. The highest BCUT2D eigenvalue weighted by Crippen LogP contribution is 2.39. The Morgan fingerprint density at radius 1 is 0.906 bits per heavy atom. The number of hydrogen-bond acceptors (Lipinski definition) is 3. The lowest BCUT2D eigenvalue weighted by atomic mass is 9.90. The molecule has 0 saturated carbocycles. The van der Waals surface area contributed by atoms with E-state index in [1.807, 2.05) is 6.07 Å². The Morgan fingerprint density at radius 3 is 2.38 bits per heavy atom. The standard InChI is InChI=1S/C25H19ClF3N3/c26-19-12-15(27)4-5-16(19)18-13-22(14-6-9-30-10-7-14)32-24-17(18)8-11-31-25(24)23-20(28)2-1-3-21(23)29/h1-5,8,11-14,30H,6-7,9-10H2. The molecule has 1 saturated heterocycles. The van der Waals surface area contributed by atoms with Crippen molar-refractivity contribution in [3.63, 3.8) is 0 Å². The first-order chi connectivity index (χ1) is 15.5. The summed E-state index contributed by atoms with van der Waals surface area (Å²) in [5.74, 6) is -1.68. The average molecular weight is 454 g/mol. The van der Waals surface area contributed by atoms with Crippen LogP contribution in [0.1, 0.15) is 24.5 Å². The molecular weight excluding hydrogens is 435 g/mol. The van der Waals surface area contributed by atoms with E-state index in [1.165, 1.54) is 36.5 Å². The maximum absolute atomic E-state index is 14.7. The highest BCUT2D eigenvalue weighted by atomic mass is 35.5. The maximum atomic E-state index is 14.7. The Hall–Kier alpha value is -2.96. The molecule has 2 aromatic carbocycles. The van der Waals surface area contributed by atoms with Gasteiger partial charge in [0.25, 0.3) is 0 Å². The van der Waals surface area contributed by atoms with Crippen molar-refractivity contribution in [2.24, 2.45) is 0 Å². The molecule has 7 heteroatoms. The van der Waals surface area contributed by atoms with Crippen LogP contribution >= 0.6 is 11.6 Å². The van der Waals surface area contributed by atoms with E-state index in [4.69, 9.17) is 16.6 Å². The molecule has 32 heavy (non-hydrogen) atoms. The van der Waals surface area contributed by atoms with Crippen molar-refractivity contribution in [3.05, 3.63) is 82.9 Å². The van der Waals surface area contributed by atoms with Gasteiger partial charge in [-0.05, 0) is 74.0 Å². The number of benzene rings is 2. The molecule has 2 aromatic heterocycles. The maximum Gasteiger partial charge on any atom is 0.135 e. The van der Waals surface area contributed by atoms with Gasteiger partial charge in [0, 0.05) is 28.8 Å². The Bertz CT molecular complexity index is 1300. The number of piperidine rings is 1. The number of nitrogens with one attached hydrogen (secondary N) is 1. The van der Waals surface area contributed by atoms with Crippen LogP contribution < -0.4 is 5.32 Å². The predicted molar refractivity (Wildman–Crippen MR) is 120 cm³/mol. The number of hydrogen-bond donors (Lipinski definition) is 1. The van der Waals surface area contributed by atoms with Crippen LogP contribution in [0.15, 0.2) is 54.7 Å². The van der Waals surface area contributed by atoms with E-state index >= 15 is 0 Å². The zero-order valence-corrected chi connectivity index (χ0v) is 17.8. The van der Waals surface area contributed by atoms with Crippen LogP contribution in [-0.2, 0) is 0 Å². The molecule has 4 aromatic rings. The molecule has 5 rings (SSSR count). The monoisotopic (exact) mass is 453 g/mol. The van der Waals surface area contributed by atoms with Gasteiger partial charge in [-0.3, -0.25) is 9.97 Å². The highest BCUT2D eigenvalue weighted by molar-refractivity contribution is 6.33. The molecular formula is C25H19ClF3N3. The van der Waals surface area contributed by atoms with E-state index in [0.29, 0.717) is 16.5 Å². The number of nitrogens with zero attached hydrogens (tertiary/aromatic N) is 2. The highest BCUT2D eigenvalue weighted by Gasteiger charge is 2.23. The molecule has 0 atom stereocenters. The molecule has 1 fully saturated rings. The van der Waals surface area contributed by atoms with Gasteiger partial charge in [-0.1, -0.05) is 17.7 Å². The van der Waals surface area contributed by atoms with Crippen molar-refractivity contribution in [1.29, 1.82) is 0 Å². The van der Waals surface area contributed by atoms with Crippen molar-refractivity contribution < 1.29 is 13.2 Å². The molecule has 0 bridgehead atoms. The van der Waals surface area contributed by atoms with Gasteiger partial charge in [-0.25, -0.2) is 13.2 Å². The summed E-state index contributed by atoms with van der Waals surface area (Å²) in [6.45, 7) is 1.72. The molecule has 0 aliphatic carbocycles. The molecule has 0 spiro atoms. The molecule has 3 heterocycles. The fourth-order valence-electron chi connectivity index (χ4n) is 4.34. The summed E-state index contributed by atoms with van der Waals surface area (Å²) in [6.07, 6.45) is 3.27. The van der Waals surface area contributed by atoms with Gasteiger partial charge < -0.3 is 5.32 Å². The summed E-state index contributed by atoms with van der Waals surface area (Å²) < 4.78 is 43.1. The predicted octanol–water partition coefficient (Wildman–Crippen LogP) is 6.50. The molecule has 1 aliphatic rings. The first-order valence-electron chi connectivity index (χ1n) is 10.4. The third-order valence-corrected chi connectivity index (χ3v) is 6.24. The van der Waals surface area contributed by atoms with Crippen molar-refractivity contribution in [2.45, 2.75) is 18.8 Å². The Morgan fingerprint density at radius 2 is 1.66 bits per heavy atom. The van der Waals surface area contributed by atoms with Gasteiger partial charge >= 0.3 is 0 Å². The molecule has 3 nitrogen and oxygen atoms in total. The fraction of sp³-hybridized carbons (Fsp3) is 0.200. The summed E-state index contributed by atoms with van der Waals surface area (Å²) in [6, 6.07) is 11.6. The Kier molecular flexibility index (Phi) is 5.57. The van der Waals surface area contributed by atoms with Crippen LogP contribution in [0.2, 0.25) is 5.02 Å². The Balaban J connectivity index is 1.83. The van der Waals surface area contributed by atoms with Crippen molar-refractivity contribution >= 4 is 22.5 Å². The van der Waals surface area contributed by atoms with Crippen molar-refractivity contribution in [1.82, 2.24) is 15.3 Å². The van der Waals surface area contributed by atoms with Gasteiger partial charge in [0.1, 0.15) is 23.1 Å². The van der Waals surface area contributed by atoms with Crippen LogP contribution in [0.25, 0.3) is 33.3 Å². The average Bonchev–Trinajstić information content (AvgIpc) is 2.79. The lowest BCUT2D eigenvalue weighted by Crippen LogP contribution is -2.27. The van der Waals surface area contributed by atoms with E-state index in [0.717, 1.165) is 37.2 Å². The second kappa shape index (κ2) is 8.52. The normalized spacial score (nSPS) is 14.8. The zero-order chi connectivity index (χ0) is 22.2. The van der Waals surface area contributed by atoms with Gasteiger partial charge in [-0.15, -0.1) is 0 Å². The van der Waals surface area contributed by atoms with Gasteiger partial charge in [0.05, 0.1) is 16.1 Å². The molecule has 0 radical (unpaired) electrons. The van der Waals surface area contributed by atoms with Crippen molar-refractivity contribution in [3.8, 4) is 22.4 Å². The lowest BCUT2D eigenvalue weighted by molar-refractivity contribution is 0.454. The zero-order valence-electron chi connectivity index (χ0n) is 17.0. The first-order valence-corrected chi connectivity index (χ1v) is 10.8. The minimum atomic E-state index is -0.708. The Labute approximate surface area is 188 Å². The van der Waals surface area contributed by atoms with E-state index < -0.39 is 17.5 Å². The van der Waals surface area contributed by atoms with Gasteiger partial charge in [0.2, 0.25) is 0 Å². The number of rotatable bonds is 3. The first kappa shape index (κ1) is 20.9. The third kappa shape index (κ3) is 3.74. The van der Waals surface area contributed by atoms with E-state index in [1.54, 1.807) is 12.1 Å². The summed E-state index contributed by atoms with van der Waals surface area (Å²) in [5, 5.41) is 4.23. The summed E-state index contributed by atoms with van der Waals surface area (Å²) in [4.78, 5) is 9.16. The minimum absolute atomic E-state index is 0.133. The number of fused-ring (bicyclic) bond motifs is 1. The fourth-order valence-corrected chi connectivity index (χ4v) is 4.61. The molecule has 1 N–H and O–H groups in total. The number of aromatic nitrogens is 2. The summed E-state index contributed by atoms with van der Waals surface area (Å²) in [5.41, 5.74) is 2.47. The SMILES string of the molecule is Fc1ccc(-c2cc(C3CCNCC3)nc3c(-c4c(F)cccc4F)nccc23)c(Cl)c1. The van der Waals surface area contributed by atoms with Crippen LogP contribution in [0.5, 0.6) is 0 Å². The number of halogens is 4. The van der Waals surface area contributed by atoms with E-state index in [-0.39, 0.29) is 22.2 Å². The van der Waals surface area contributed by atoms with Crippen LogP contribution in [0.4, 0.5) is 13.2 Å². The minimum Gasteiger partial charge on any atom is -0.317 e. The van der Waals surface area contributed by atoms with Gasteiger partial charge in [0.15, 0.2) is 0 Å². The second-order valence-corrected chi connectivity index (χ2v) is 8.30. The topological polar surface area (TPSA) is 37.8 Å². The van der Waals surface area contributed by atoms with E-state index in [2.05, 4.69) is 10.3 Å². The summed E-state index contributed by atoms with van der Waals surface area (Å²) in [7, 11) is 0. The molecule has 0 unspecified atom stereocenters. The molecule has 162 valence electrons.